The van der Waals surface area contributed by atoms with Crippen LogP contribution in [0.3, 0.4) is 0 Å². The van der Waals surface area contributed by atoms with Gasteiger partial charge in [-0.25, -0.2) is 19.2 Å². The van der Waals surface area contributed by atoms with Crippen LogP contribution >= 0.6 is 0 Å². The lowest BCUT2D eigenvalue weighted by atomic mass is 10.2. The van der Waals surface area contributed by atoms with E-state index in [2.05, 4.69) is 0 Å². The normalized spacial score (nSPS) is 51.3. The largest absolute Gasteiger partial charge is 0.516 e. The third-order valence-electron chi connectivity index (χ3n) is 3.47. The molecule has 4 unspecified atom stereocenters. The van der Waals surface area contributed by atoms with Crippen LogP contribution in [0.5, 0.6) is 0 Å². The van der Waals surface area contributed by atoms with Crippen molar-refractivity contribution in [1.82, 2.24) is 0 Å². The number of esters is 4. The molecule has 0 aliphatic carbocycles. The van der Waals surface area contributed by atoms with Gasteiger partial charge in [-0.1, -0.05) is 0 Å². The molecule has 4 atom stereocenters. The molecule has 5 heterocycles. The molecule has 6 bridgehead atoms. The van der Waals surface area contributed by atoms with Crippen molar-refractivity contribution in [2.24, 2.45) is 0 Å². The van der Waals surface area contributed by atoms with Gasteiger partial charge in [0.25, 0.3) is 0 Å². The van der Waals surface area contributed by atoms with E-state index in [1.54, 1.807) is 0 Å². The van der Waals surface area contributed by atoms with Crippen molar-refractivity contribution in [3.63, 3.8) is 0 Å². The maximum Gasteiger partial charge on any atom is 0.516 e. The summed E-state index contributed by atoms with van der Waals surface area (Å²) in [5.41, 5.74) is 0. The molecule has 22 heavy (non-hydrogen) atoms. The third-order valence-corrected chi connectivity index (χ3v) is 3.47. The summed E-state index contributed by atoms with van der Waals surface area (Å²) in [7, 11) is 0. The van der Waals surface area contributed by atoms with Crippen molar-refractivity contribution in [3.05, 3.63) is 0 Å². The molecule has 2 spiro atoms. The van der Waals surface area contributed by atoms with Crippen molar-refractivity contribution in [3.8, 4) is 0 Å². The van der Waals surface area contributed by atoms with Crippen LogP contribution in [0.25, 0.3) is 0 Å². The summed E-state index contributed by atoms with van der Waals surface area (Å²) < 4.78 is 39.2. The molecular weight excluding hydrogens is 312 g/mol. The Kier molecular flexibility index (Phi) is 1.89. The van der Waals surface area contributed by atoms with Crippen LogP contribution in [-0.2, 0) is 57.1 Å². The second-order valence-corrected chi connectivity index (χ2v) is 4.84. The summed E-state index contributed by atoms with van der Waals surface area (Å²) in [5, 5.41) is 0. The van der Waals surface area contributed by atoms with E-state index in [0.29, 0.717) is 0 Å². The van der Waals surface area contributed by atoms with Crippen LogP contribution in [-0.4, -0.2) is 60.6 Å². The lowest BCUT2D eigenvalue weighted by Gasteiger charge is -2.20. The van der Waals surface area contributed by atoms with E-state index >= 15 is 0 Å². The Hall–Kier alpha value is -2.28. The highest BCUT2D eigenvalue weighted by atomic mass is 17.1. The topological polar surface area (TPSA) is 142 Å². The van der Waals surface area contributed by atoms with Crippen molar-refractivity contribution in [2.75, 3.05) is 0 Å². The maximum absolute atomic E-state index is 11.8. The summed E-state index contributed by atoms with van der Waals surface area (Å²) >= 11 is 0. The van der Waals surface area contributed by atoms with Crippen molar-refractivity contribution < 1.29 is 57.1 Å². The van der Waals surface area contributed by atoms with Gasteiger partial charge >= 0.3 is 36.2 Å². The van der Waals surface area contributed by atoms with Gasteiger partial charge in [0.1, 0.15) is 0 Å². The first-order valence-electron chi connectivity index (χ1n) is 6.03. The molecule has 12 heteroatoms. The highest BCUT2D eigenvalue weighted by Gasteiger charge is 2.74. The fourth-order valence-electron chi connectivity index (χ4n) is 2.57. The Morgan fingerprint density at radius 1 is 0.500 bits per heavy atom. The Bertz CT molecular complexity index is 540. The first-order chi connectivity index (χ1) is 10.4. The van der Waals surface area contributed by atoms with E-state index < -0.39 is 60.6 Å². The quantitative estimate of drug-likeness (QED) is 0.420. The Balaban J connectivity index is 1.66. The minimum absolute atomic E-state index is 1.09. The fourth-order valence-corrected chi connectivity index (χ4v) is 2.57. The summed E-state index contributed by atoms with van der Waals surface area (Å²) in [6.07, 6.45) is -11.6. The average molecular weight is 316 g/mol. The second-order valence-electron chi connectivity index (χ2n) is 4.84. The van der Waals surface area contributed by atoms with E-state index in [9.17, 15) is 19.2 Å². The van der Waals surface area contributed by atoms with Gasteiger partial charge in [-0.15, -0.1) is 0 Å². The average Bonchev–Trinajstić information content (AvgIpc) is 3.09. The van der Waals surface area contributed by atoms with Crippen molar-refractivity contribution in [2.45, 2.75) is 36.7 Å². The van der Waals surface area contributed by atoms with E-state index in [4.69, 9.17) is 37.9 Å². The molecule has 0 amide bonds. The van der Waals surface area contributed by atoms with Crippen LogP contribution in [0, 0.1) is 0 Å². The second kappa shape index (κ2) is 3.38. The highest BCUT2D eigenvalue weighted by Crippen LogP contribution is 2.45. The minimum Gasteiger partial charge on any atom is -0.371 e. The molecular formula is C10H4O12. The predicted octanol–water partition coefficient (Wildman–Crippen LogP) is -3.01. The first-order valence-corrected chi connectivity index (χ1v) is 6.03. The van der Waals surface area contributed by atoms with Gasteiger partial charge < -0.3 is 18.9 Å². The van der Waals surface area contributed by atoms with Crippen molar-refractivity contribution in [1.29, 1.82) is 0 Å². The molecule has 5 fully saturated rings. The number of rotatable bonds is 0. The van der Waals surface area contributed by atoms with Crippen LogP contribution in [0.4, 0.5) is 0 Å². The summed E-state index contributed by atoms with van der Waals surface area (Å²) in [4.78, 5) is 47.3. The molecule has 0 aromatic carbocycles. The monoisotopic (exact) mass is 316 g/mol. The molecule has 0 radical (unpaired) electrons. The van der Waals surface area contributed by atoms with Crippen LogP contribution < -0.4 is 0 Å². The van der Waals surface area contributed by atoms with Gasteiger partial charge in [0.2, 0.25) is 24.4 Å². The lowest BCUT2D eigenvalue weighted by Crippen LogP contribution is -2.43. The standard InChI is InChI=1S/C10H4O12/c11-5-1-2-6(12)20-10(16-2)18-4(8(14)22-10)3-7(13)21-9(15-1,17-3)19-5/h1-4H. The Morgan fingerprint density at radius 3 is 0.955 bits per heavy atom. The Labute approximate surface area is 119 Å². The molecule has 5 rings (SSSR count). The fraction of sp³-hybridized carbons (Fsp3) is 0.600. The number of carbonyl (C=O) groups excluding carboxylic acids is 4. The molecule has 0 aromatic rings. The molecule has 12 nitrogen and oxygen atoms in total. The molecule has 5 saturated heterocycles. The zero-order valence-electron chi connectivity index (χ0n) is 10.2. The highest BCUT2D eigenvalue weighted by molar-refractivity contribution is 5.91. The van der Waals surface area contributed by atoms with Gasteiger partial charge in [0, 0.05) is 0 Å². The predicted molar refractivity (Wildman–Crippen MR) is 49.3 cm³/mol. The molecule has 0 N–H and O–H groups in total. The zero-order valence-corrected chi connectivity index (χ0v) is 10.2. The van der Waals surface area contributed by atoms with Crippen LogP contribution in [0.1, 0.15) is 0 Å². The maximum atomic E-state index is 11.8. The third kappa shape index (κ3) is 1.30. The number of hydrogen-bond donors (Lipinski definition) is 0. The number of carbonyl (C=O) groups is 4. The molecule has 0 saturated carbocycles. The molecule has 0 aromatic heterocycles. The zero-order chi connectivity index (χ0) is 15.3. The minimum atomic E-state index is -2.50. The SMILES string of the molecule is O=C1OC23OC(=O)C(O2)C2OC4(OC(=O)C(O4)C1O3)OC2=O. The summed E-state index contributed by atoms with van der Waals surface area (Å²) in [5.74, 6) is -4.35. The molecule has 5 aliphatic rings. The number of fused-ring (bicyclic) bond motifs is 6. The van der Waals surface area contributed by atoms with Crippen LogP contribution in [0.15, 0.2) is 0 Å². The Morgan fingerprint density at radius 2 is 0.727 bits per heavy atom. The van der Waals surface area contributed by atoms with E-state index in [1.807, 2.05) is 0 Å². The van der Waals surface area contributed by atoms with E-state index in [0.717, 1.165) is 0 Å². The molecule has 116 valence electrons. The van der Waals surface area contributed by atoms with E-state index in [-0.39, 0.29) is 0 Å². The first kappa shape index (κ1) is 12.3. The van der Waals surface area contributed by atoms with Crippen LogP contribution in [0.2, 0.25) is 0 Å². The van der Waals surface area contributed by atoms with Crippen molar-refractivity contribution >= 4 is 23.9 Å². The molecule has 5 aliphatic heterocycles. The summed E-state index contributed by atoms with van der Waals surface area (Å²) in [6.45, 7) is 0. The lowest BCUT2D eigenvalue weighted by molar-refractivity contribution is -0.452. The summed E-state index contributed by atoms with van der Waals surface area (Å²) in [6, 6.07) is 0. The van der Waals surface area contributed by atoms with Gasteiger partial charge in [0.15, 0.2) is 0 Å². The van der Waals surface area contributed by atoms with E-state index in [1.165, 1.54) is 0 Å². The smallest absolute Gasteiger partial charge is 0.371 e. The van der Waals surface area contributed by atoms with Gasteiger partial charge in [-0.05, 0) is 0 Å². The number of hydrogen-bond acceptors (Lipinski definition) is 12. The van der Waals surface area contributed by atoms with Gasteiger partial charge in [0.05, 0.1) is 0 Å². The number of ether oxygens (including phenoxy) is 8. The van der Waals surface area contributed by atoms with Gasteiger partial charge in [-0.3, -0.25) is 18.9 Å². The van der Waals surface area contributed by atoms with Gasteiger partial charge in [-0.2, -0.15) is 0 Å².